The smallest absolute Gasteiger partial charge is 0.161 e. The summed E-state index contributed by atoms with van der Waals surface area (Å²) in [6.45, 7) is 1.35. The summed E-state index contributed by atoms with van der Waals surface area (Å²) in [5.41, 5.74) is 3.75. The van der Waals surface area contributed by atoms with Gasteiger partial charge in [0, 0.05) is 37.0 Å². The summed E-state index contributed by atoms with van der Waals surface area (Å²) in [6.07, 6.45) is 10.1. The minimum Gasteiger partial charge on any atom is -0.490 e. The Morgan fingerprint density at radius 2 is 1.96 bits per heavy atom. The first kappa shape index (κ1) is 15.4. The van der Waals surface area contributed by atoms with Crippen LogP contribution in [0.5, 0.6) is 11.5 Å². The predicted molar refractivity (Wildman–Crippen MR) is 95.2 cm³/mol. The van der Waals surface area contributed by atoms with Crippen molar-refractivity contribution in [3.8, 4) is 22.8 Å². The van der Waals surface area contributed by atoms with E-state index in [1.54, 1.807) is 10.9 Å². The van der Waals surface area contributed by atoms with E-state index in [2.05, 4.69) is 15.1 Å². The Morgan fingerprint density at radius 3 is 2.80 bits per heavy atom. The van der Waals surface area contributed by atoms with Crippen molar-refractivity contribution in [1.82, 2.24) is 19.7 Å². The van der Waals surface area contributed by atoms with Crippen molar-refractivity contribution in [1.29, 1.82) is 0 Å². The lowest BCUT2D eigenvalue weighted by Crippen LogP contribution is -1.97. The molecule has 1 aliphatic heterocycles. The van der Waals surface area contributed by atoms with Crippen LogP contribution < -0.4 is 9.47 Å². The van der Waals surface area contributed by atoms with E-state index >= 15 is 0 Å². The zero-order chi connectivity index (χ0) is 17.1. The summed E-state index contributed by atoms with van der Waals surface area (Å²) in [6, 6.07) is 7.81. The third kappa shape index (κ3) is 3.38. The molecular weight excluding hydrogens is 316 g/mol. The van der Waals surface area contributed by atoms with Crippen LogP contribution in [0.15, 0.2) is 43.0 Å². The van der Waals surface area contributed by atoms with Crippen LogP contribution in [-0.4, -0.2) is 33.0 Å². The minimum absolute atomic E-state index is 0.666. The highest BCUT2D eigenvalue weighted by Crippen LogP contribution is 2.35. The van der Waals surface area contributed by atoms with Crippen molar-refractivity contribution in [2.24, 2.45) is 7.05 Å². The quantitative estimate of drug-likeness (QED) is 0.736. The topological polar surface area (TPSA) is 62.1 Å². The van der Waals surface area contributed by atoms with Gasteiger partial charge in [0.25, 0.3) is 0 Å². The number of nitrogens with zero attached hydrogens (tertiary/aromatic N) is 4. The summed E-state index contributed by atoms with van der Waals surface area (Å²) in [7, 11) is 1.91. The molecule has 0 amide bonds. The molecule has 2 aromatic heterocycles. The highest BCUT2D eigenvalue weighted by atomic mass is 16.5. The molecule has 0 fully saturated rings. The van der Waals surface area contributed by atoms with Crippen LogP contribution in [0.4, 0.5) is 0 Å². The minimum atomic E-state index is 0.666. The van der Waals surface area contributed by atoms with E-state index < -0.39 is 0 Å². The predicted octanol–water partition coefficient (Wildman–Crippen LogP) is 3.21. The highest BCUT2D eigenvalue weighted by molar-refractivity contribution is 5.78. The molecule has 6 heteroatoms. The molecule has 25 heavy (non-hydrogen) atoms. The molecule has 0 aliphatic carbocycles. The molecule has 1 aliphatic rings. The van der Waals surface area contributed by atoms with Crippen LogP contribution in [0, 0.1) is 0 Å². The number of benzene rings is 1. The summed E-state index contributed by atoms with van der Waals surface area (Å²) in [5, 5.41) is 4.60. The molecule has 0 spiro atoms. The lowest BCUT2D eigenvalue weighted by molar-refractivity contribution is 0.297. The maximum Gasteiger partial charge on any atom is 0.161 e. The lowest BCUT2D eigenvalue weighted by Gasteiger charge is -2.08. The zero-order valence-corrected chi connectivity index (χ0v) is 13.9. The van der Waals surface area contributed by atoms with Gasteiger partial charge in [-0.15, -0.1) is 0 Å². The van der Waals surface area contributed by atoms with Crippen molar-refractivity contribution in [3.05, 3.63) is 54.2 Å². The summed E-state index contributed by atoms with van der Waals surface area (Å²) in [5.74, 6) is 1.56. The fourth-order valence-electron chi connectivity index (χ4n) is 2.74. The van der Waals surface area contributed by atoms with E-state index in [1.165, 1.54) is 6.33 Å². The van der Waals surface area contributed by atoms with Crippen molar-refractivity contribution in [2.75, 3.05) is 13.2 Å². The van der Waals surface area contributed by atoms with Gasteiger partial charge in [0.1, 0.15) is 6.33 Å². The Morgan fingerprint density at radius 1 is 1.08 bits per heavy atom. The van der Waals surface area contributed by atoms with Crippen LogP contribution >= 0.6 is 0 Å². The van der Waals surface area contributed by atoms with Gasteiger partial charge in [0.2, 0.25) is 0 Å². The molecule has 0 N–H and O–H groups in total. The molecule has 0 saturated heterocycles. The SMILES string of the molecule is Cn1cc(C=Cc2ccncn2)c(-c2ccc3c(c2)OCCCO3)n1. The molecular formula is C19H18N4O2. The average molecular weight is 334 g/mol. The van der Waals surface area contributed by atoms with Crippen LogP contribution in [-0.2, 0) is 7.05 Å². The highest BCUT2D eigenvalue weighted by Gasteiger charge is 2.14. The van der Waals surface area contributed by atoms with E-state index in [9.17, 15) is 0 Å². The molecule has 0 atom stereocenters. The van der Waals surface area contributed by atoms with Gasteiger partial charge in [-0.05, 0) is 36.4 Å². The molecule has 0 saturated carbocycles. The van der Waals surface area contributed by atoms with Gasteiger partial charge < -0.3 is 9.47 Å². The lowest BCUT2D eigenvalue weighted by atomic mass is 10.1. The van der Waals surface area contributed by atoms with Gasteiger partial charge in [0.15, 0.2) is 11.5 Å². The summed E-state index contributed by atoms with van der Waals surface area (Å²) < 4.78 is 13.3. The van der Waals surface area contributed by atoms with Gasteiger partial charge in [-0.2, -0.15) is 5.10 Å². The molecule has 4 rings (SSSR count). The van der Waals surface area contributed by atoms with Crippen LogP contribution in [0.1, 0.15) is 17.7 Å². The van der Waals surface area contributed by atoms with E-state index in [1.807, 2.05) is 49.7 Å². The number of aromatic nitrogens is 4. The molecule has 1 aromatic carbocycles. The van der Waals surface area contributed by atoms with E-state index in [0.717, 1.165) is 40.4 Å². The molecule has 126 valence electrons. The van der Waals surface area contributed by atoms with E-state index in [-0.39, 0.29) is 0 Å². The second-order valence-electron chi connectivity index (χ2n) is 5.79. The molecule has 0 unspecified atom stereocenters. The Balaban J connectivity index is 1.69. The van der Waals surface area contributed by atoms with E-state index in [4.69, 9.17) is 9.47 Å². The van der Waals surface area contributed by atoms with Crippen LogP contribution in [0.2, 0.25) is 0 Å². The first-order valence-corrected chi connectivity index (χ1v) is 8.17. The molecule has 0 radical (unpaired) electrons. The normalized spacial score (nSPS) is 13.8. The molecule has 3 heterocycles. The Bertz CT molecular complexity index is 903. The largest absolute Gasteiger partial charge is 0.490 e. The Labute approximate surface area is 145 Å². The molecule has 0 bridgehead atoms. The van der Waals surface area contributed by atoms with Gasteiger partial charge in [0.05, 0.1) is 24.6 Å². The number of rotatable bonds is 3. The summed E-state index contributed by atoms with van der Waals surface area (Å²) in [4.78, 5) is 8.14. The maximum atomic E-state index is 5.79. The van der Waals surface area contributed by atoms with Gasteiger partial charge >= 0.3 is 0 Å². The van der Waals surface area contributed by atoms with Gasteiger partial charge in [-0.25, -0.2) is 9.97 Å². The van der Waals surface area contributed by atoms with Gasteiger partial charge in [-0.1, -0.05) is 0 Å². The second-order valence-corrected chi connectivity index (χ2v) is 5.79. The number of ether oxygens (including phenoxy) is 2. The first-order valence-electron chi connectivity index (χ1n) is 8.17. The molecule has 3 aromatic rings. The van der Waals surface area contributed by atoms with Crippen molar-refractivity contribution in [3.63, 3.8) is 0 Å². The second kappa shape index (κ2) is 6.76. The fourth-order valence-corrected chi connectivity index (χ4v) is 2.74. The van der Waals surface area contributed by atoms with Crippen LogP contribution in [0.25, 0.3) is 23.4 Å². The Hall–Kier alpha value is -3.15. The number of hydrogen-bond donors (Lipinski definition) is 0. The summed E-state index contributed by atoms with van der Waals surface area (Å²) >= 11 is 0. The van der Waals surface area contributed by atoms with Crippen LogP contribution in [0.3, 0.4) is 0 Å². The fraction of sp³-hybridized carbons (Fsp3) is 0.211. The van der Waals surface area contributed by atoms with Gasteiger partial charge in [-0.3, -0.25) is 4.68 Å². The third-order valence-electron chi connectivity index (χ3n) is 3.92. The zero-order valence-electron chi connectivity index (χ0n) is 13.9. The van der Waals surface area contributed by atoms with Crippen molar-refractivity contribution in [2.45, 2.75) is 6.42 Å². The van der Waals surface area contributed by atoms with Crippen molar-refractivity contribution < 1.29 is 9.47 Å². The molecule has 6 nitrogen and oxygen atoms in total. The average Bonchev–Trinajstić information content (AvgIpc) is 2.86. The van der Waals surface area contributed by atoms with E-state index in [0.29, 0.717) is 13.2 Å². The monoisotopic (exact) mass is 334 g/mol. The standard InChI is InChI=1S/C19H18N4O2/c1-23-12-15(3-5-16-7-8-20-13-21-16)19(22-23)14-4-6-17-18(11-14)25-10-2-9-24-17/h3-8,11-13H,2,9-10H2,1H3. The Kier molecular flexibility index (Phi) is 4.16. The van der Waals surface area contributed by atoms with Crippen molar-refractivity contribution >= 4 is 12.2 Å². The first-order chi connectivity index (χ1) is 12.3. The number of fused-ring (bicyclic) bond motifs is 1. The number of hydrogen-bond acceptors (Lipinski definition) is 5. The number of aryl methyl sites for hydroxylation is 1. The maximum absolute atomic E-state index is 5.79. The third-order valence-corrected chi connectivity index (χ3v) is 3.92.